The van der Waals surface area contributed by atoms with E-state index >= 15 is 0 Å². The van der Waals surface area contributed by atoms with E-state index in [-0.39, 0.29) is 18.7 Å². The Morgan fingerprint density at radius 2 is 2.09 bits per heavy atom. The maximum absolute atomic E-state index is 12.6. The fourth-order valence-corrected chi connectivity index (χ4v) is 3.04. The first-order valence-corrected chi connectivity index (χ1v) is 7.23. The van der Waals surface area contributed by atoms with Crippen LogP contribution in [-0.2, 0) is 6.42 Å². The van der Waals surface area contributed by atoms with Gasteiger partial charge in [-0.3, -0.25) is 9.78 Å². The zero-order chi connectivity index (χ0) is 15.1. The van der Waals surface area contributed by atoms with Crippen LogP contribution in [0.3, 0.4) is 0 Å². The van der Waals surface area contributed by atoms with Gasteiger partial charge in [0.15, 0.2) is 11.5 Å². The molecule has 1 atom stereocenters. The molecule has 6 nitrogen and oxygen atoms in total. The van der Waals surface area contributed by atoms with Crippen molar-refractivity contribution in [2.45, 2.75) is 19.4 Å². The average molecular weight is 297 g/mol. The van der Waals surface area contributed by atoms with Crippen LogP contribution in [0.15, 0.2) is 30.7 Å². The molecule has 0 fully saturated rings. The van der Waals surface area contributed by atoms with Crippen molar-refractivity contribution in [3.63, 3.8) is 0 Å². The molecule has 1 aromatic carbocycles. The van der Waals surface area contributed by atoms with Crippen molar-refractivity contribution in [1.29, 1.82) is 0 Å². The molecule has 0 spiro atoms. The summed E-state index contributed by atoms with van der Waals surface area (Å²) in [5.74, 6) is 1.45. The normalized spacial score (nSPS) is 19.0. The van der Waals surface area contributed by atoms with Gasteiger partial charge in [0.05, 0.1) is 12.2 Å². The van der Waals surface area contributed by atoms with Crippen molar-refractivity contribution < 1.29 is 14.3 Å². The van der Waals surface area contributed by atoms with Gasteiger partial charge in [-0.1, -0.05) is 0 Å². The second-order valence-electron chi connectivity index (χ2n) is 5.42. The highest BCUT2D eigenvalue weighted by atomic mass is 16.7. The predicted molar refractivity (Wildman–Crippen MR) is 77.8 cm³/mol. The molecule has 2 aliphatic heterocycles. The molecule has 1 aromatic heterocycles. The van der Waals surface area contributed by atoms with Gasteiger partial charge in [-0.25, -0.2) is 4.98 Å². The average Bonchev–Trinajstić information content (AvgIpc) is 3.01. The van der Waals surface area contributed by atoms with E-state index in [1.165, 1.54) is 18.0 Å². The third kappa shape index (κ3) is 1.99. The molecular weight excluding hydrogens is 282 g/mol. The van der Waals surface area contributed by atoms with Crippen LogP contribution < -0.4 is 9.47 Å². The maximum Gasteiger partial charge on any atom is 0.274 e. The Morgan fingerprint density at radius 1 is 1.27 bits per heavy atom. The monoisotopic (exact) mass is 297 g/mol. The number of amides is 1. The van der Waals surface area contributed by atoms with Crippen molar-refractivity contribution in [2.75, 3.05) is 13.3 Å². The third-order valence-corrected chi connectivity index (χ3v) is 4.22. The number of hydrogen-bond donors (Lipinski definition) is 0. The Labute approximate surface area is 127 Å². The van der Waals surface area contributed by atoms with Gasteiger partial charge >= 0.3 is 0 Å². The SMILES string of the molecule is CC1c2cc3c(cc2CCN1C(=O)c1cnccn1)OCO3. The molecule has 6 heteroatoms. The van der Waals surface area contributed by atoms with Gasteiger partial charge in [-0.15, -0.1) is 0 Å². The van der Waals surface area contributed by atoms with Gasteiger partial charge in [0.25, 0.3) is 5.91 Å². The van der Waals surface area contributed by atoms with E-state index in [1.54, 1.807) is 6.20 Å². The van der Waals surface area contributed by atoms with Crippen LogP contribution >= 0.6 is 0 Å². The molecular formula is C16H15N3O3. The Balaban J connectivity index is 1.67. The van der Waals surface area contributed by atoms with Crippen molar-refractivity contribution in [2.24, 2.45) is 0 Å². The van der Waals surface area contributed by atoms with Crippen LogP contribution in [0.5, 0.6) is 11.5 Å². The predicted octanol–water partition coefficient (Wildman–Crippen LogP) is 1.96. The zero-order valence-electron chi connectivity index (χ0n) is 12.2. The van der Waals surface area contributed by atoms with E-state index in [0.29, 0.717) is 12.2 Å². The van der Waals surface area contributed by atoms with Crippen molar-refractivity contribution in [1.82, 2.24) is 14.9 Å². The molecule has 112 valence electrons. The second-order valence-corrected chi connectivity index (χ2v) is 5.42. The van der Waals surface area contributed by atoms with E-state index in [4.69, 9.17) is 9.47 Å². The lowest BCUT2D eigenvalue weighted by Gasteiger charge is -2.35. The molecule has 1 unspecified atom stereocenters. The Hall–Kier alpha value is -2.63. The largest absolute Gasteiger partial charge is 0.454 e. The highest BCUT2D eigenvalue weighted by molar-refractivity contribution is 5.92. The van der Waals surface area contributed by atoms with E-state index < -0.39 is 0 Å². The molecule has 4 rings (SSSR count). The van der Waals surface area contributed by atoms with E-state index in [9.17, 15) is 4.79 Å². The van der Waals surface area contributed by atoms with Crippen LogP contribution in [0.1, 0.15) is 34.6 Å². The molecule has 0 N–H and O–H groups in total. The summed E-state index contributed by atoms with van der Waals surface area (Å²) < 4.78 is 10.9. The number of rotatable bonds is 1. The van der Waals surface area contributed by atoms with E-state index in [0.717, 1.165) is 23.5 Å². The third-order valence-electron chi connectivity index (χ3n) is 4.22. The maximum atomic E-state index is 12.6. The van der Waals surface area contributed by atoms with Crippen LogP contribution in [0.2, 0.25) is 0 Å². The quantitative estimate of drug-likeness (QED) is 0.805. The molecule has 0 aliphatic carbocycles. The summed E-state index contributed by atoms with van der Waals surface area (Å²) in [5.41, 5.74) is 2.69. The first-order valence-electron chi connectivity index (χ1n) is 7.23. The Morgan fingerprint density at radius 3 is 2.86 bits per heavy atom. The molecule has 0 saturated heterocycles. The van der Waals surface area contributed by atoms with Gasteiger partial charge < -0.3 is 14.4 Å². The summed E-state index contributed by atoms with van der Waals surface area (Å²) >= 11 is 0. The summed E-state index contributed by atoms with van der Waals surface area (Å²) in [5, 5.41) is 0. The molecule has 0 saturated carbocycles. The standard InChI is InChI=1S/C16H15N3O3/c1-10-12-7-15-14(21-9-22-15)6-11(12)2-5-19(10)16(20)13-8-17-3-4-18-13/h3-4,6-8,10H,2,5,9H2,1H3. The lowest BCUT2D eigenvalue weighted by atomic mass is 9.92. The fourth-order valence-electron chi connectivity index (χ4n) is 3.04. The van der Waals surface area contributed by atoms with Gasteiger partial charge in [-0.05, 0) is 36.6 Å². The van der Waals surface area contributed by atoms with Crippen LogP contribution in [-0.4, -0.2) is 34.1 Å². The second kappa shape index (κ2) is 4.98. The number of aromatic nitrogens is 2. The van der Waals surface area contributed by atoms with Crippen LogP contribution in [0.25, 0.3) is 0 Å². The Kier molecular flexibility index (Phi) is 2.96. The van der Waals surface area contributed by atoms with Crippen molar-refractivity contribution in [3.05, 3.63) is 47.5 Å². The fraction of sp³-hybridized carbons (Fsp3) is 0.312. The lowest BCUT2D eigenvalue weighted by molar-refractivity contribution is 0.0671. The van der Waals surface area contributed by atoms with Crippen LogP contribution in [0.4, 0.5) is 0 Å². The van der Waals surface area contributed by atoms with E-state index in [1.807, 2.05) is 24.0 Å². The summed E-state index contributed by atoms with van der Waals surface area (Å²) in [7, 11) is 0. The molecule has 2 aliphatic rings. The molecule has 22 heavy (non-hydrogen) atoms. The van der Waals surface area contributed by atoms with Gasteiger partial charge in [-0.2, -0.15) is 0 Å². The van der Waals surface area contributed by atoms with Gasteiger partial charge in [0.1, 0.15) is 5.69 Å². The lowest BCUT2D eigenvalue weighted by Crippen LogP contribution is -2.39. The topological polar surface area (TPSA) is 64.6 Å². The number of nitrogens with zero attached hydrogens (tertiary/aromatic N) is 3. The van der Waals surface area contributed by atoms with Crippen LogP contribution in [0, 0.1) is 0 Å². The highest BCUT2D eigenvalue weighted by Crippen LogP contribution is 2.40. The van der Waals surface area contributed by atoms with Crippen molar-refractivity contribution >= 4 is 5.91 Å². The molecule has 0 bridgehead atoms. The molecule has 2 aromatic rings. The zero-order valence-corrected chi connectivity index (χ0v) is 12.2. The summed E-state index contributed by atoms with van der Waals surface area (Å²) in [6.45, 7) is 2.94. The molecule has 3 heterocycles. The molecule has 1 amide bonds. The number of benzene rings is 1. The summed E-state index contributed by atoms with van der Waals surface area (Å²) in [4.78, 5) is 22.5. The number of fused-ring (bicyclic) bond motifs is 2. The van der Waals surface area contributed by atoms with Crippen molar-refractivity contribution in [3.8, 4) is 11.5 Å². The summed E-state index contributed by atoms with van der Waals surface area (Å²) in [6.07, 6.45) is 5.40. The number of carbonyl (C=O) groups excluding carboxylic acids is 1. The minimum absolute atomic E-state index is 0.0345. The number of hydrogen-bond acceptors (Lipinski definition) is 5. The summed E-state index contributed by atoms with van der Waals surface area (Å²) in [6, 6.07) is 3.98. The van der Waals surface area contributed by atoms with Gasteiger partial charge in [0, 0.05) is 18.9 Å². The van der Waals surface area contributed by atoms with Gasteiger partial charge in [0.2, 0.25) is 6.79 Å². The molecule has 0 radical (unpaired) electrons. The van der Waals surface area contributed by atoms with E-state index in [2.05, 4.69) is 9.97 Å². The Bertz CT molecular complexity index is 733. The minimum Gasteiger partial charge on any atom is -0.454 e. The smallest absolute Gasteiger partial charge is 0.274 e. The first-order chi connectivity index (χ1) is 10.7. The highest BCUT2D eigenvalue weighted by Gasteiger charge is 2.31. The number of carbonyl (C=O) groups is 1. The number of ether oxygens (including phenoxy) is 2. The minimum atomic E-state index is -0.0936. The first kappa shape index (κ1) is 13.1.